The van der Waals surface area contributed by atoms with E-state index in [2.05, 4.69) is 52.3 Å². The highest BCUT2D eigenvalue weighted by atomic mass is 16.5. The van der Waals surface area contributed by atoms with Gasteiger partial charge >= 0.3 is 0 Å². The Balaban J connectivity index is 1.55. The van der Waals surface area contributed by atoms with Gasteiger partial charge < -0.3 is 19.6 Å². The monoisotopic (exact) mass is 466 g/mol. The van der Waals surface area contributed by atoms with Crippen molar-refractivity contribution in [2.24, 2.45) is 11.8 Å². The van der Waals surface area contributed by atoms with E-state index in [1.807, 2.05) is 50.5 Å². The van der Waals surface area contributed by atoms with Gasteiger partial charge in [0, 0.05) is 49.7 Å². The van der Waals surface area contributed by atoms with Crippen LogP contribution in [-0.4, -0.2) is 38.1 Å². The number of piperidine rings is 1. The first-order chi connectivity index (χ1) is 16.9. The summed E-state index contributed by atoms with van der Waals surface area (Å²) in [4.78, 5) is 18.3. The van der Waals surface area contributed by atoms with Gasteiger partial charge in [-0.25, -0.2) is 0 Å². The van der Waals surface area contributed by atoms with E-state index < -0.39 is 0 Å². The fourth-order valence-corrected chi connectivity index (χ4v) is 5.74. The van der Waals surface area contributed by atoms with Gasteiger partial charge in [-0.1, -0.05) is 43.3 Å². The number of ketones is 1. The third-order valence-electron chi connectivity index (χ3n) is 7.25. The Bertz CT molecular complexity index is 1430. The Hall–Kier alpha value is -3.80. The van der Waals surface area contributed by atoms with Crippen LogP contribution in [0.25, 0.3) is 22.2 Å². The summed E-state index contributed by atoms with van der Waals surface area (Å²) in [5.74, 6) is 1.85. The zero-order chi connectivity index (χ0) is 24.3. The average Bonchev–Trinajstić information content (AvgIpc) is 3.28. The molecule has 2 atom stereocenters. The van der Waals surface area contributed by atoms with Crippen molar-refractivity contribution >= 4 is 39.4 Å². The predicted molar refractivity (Wildman–Crippen MR) is 142 cm³/mol. The maximum atomic E-state index is 13.8. The maximum absolute atomic E-state index is 13.8. The van der Waals surface area contributed by atoms with Crippen molar-refractivity contribution in [1.82, 2.24) is 5.16 Å². The first-order valence-corrected chi connectivity index (χ1v) is 12.3. The minimum Gasteiger partial charge on any atom is -0.378 e. The Morgan fingerprint density at radius 3 is 2.37 bits per heavy atom. The molecule has 0 radical (unpaired) electrons. The van der Waals surface area contributed by atoms with Gasteiger partial charge in [-0.3, -0.25) is 4.79 Å². The van der Waals surface area contributed by atoms with Gasteiger partial charge in [-0.2, -0.15) is 0 Å². The number of aromatic nitrogens is 1. The van der Waals surface area contributed by atoms with E-state index in [-0.39, 0.29) is 5.78 Å². The number of hydrogen-bond acceptors (Lipinski definition) is 6. The van der Waals surface area contributed by atoms with Crippen LogP contribution in [0.3, 0.4) is 0 Å². The smallest absolute Gasteiger partial charge is 0.196 e. The molecule has 4 aromatic rings. The SMILES string of the molecule is C[C@@H]1C[C@H](C)CN(c2cc(Nc3ccc(N(C)C)cc3)c3c4c(onc24)-c2ccccc2C3=O)C1. The summed E-state index contributed by atoms with van der Waals surface area (Å²) in [6.45, 7) is 6.53. The third kappa shape index (κ3) is 3.55. The molecule has 6 nitrogen and oxygen atoms in total. The number of carbonyl (C=O) groups is 1. The quantitative estimate of drug-likeness (QED) is 0.334. The van der Waals surface area contributed by atoms with E-state index in [1.54, 1.807) is 0 Å². The summed E-state index contributed by atoms with van der Waals surface area (Å²) in [7, 11) is 4.05. The second kappa shape index (κ2) is 8.15. The first-order valence-electron chi connectivity index (χ1n) is 12.3. The Kier molecular flexibility index (Phi) is 5.06. The predicted octanol–water partition coefficient (Wildman–Crippen LogP) is 6.33. The summed E-state index contributed by atoms with van der Waals surface area (Å²) in [6.07, 6.45) is 1.22. The standard InChI is InChI=1S/C29H30N4O2/c1-17-13-18(2)16-33(15-17)24-14-23(30-19-9-11-20(12-10-19)32(3)4)25-26-27(24)31-35-29(26)22-8-6-5-7-21(22)28(25)34/h5-12,14,17-18,30H,13,15-16H2,1-4H3/t17-,18+. The number of benzene rings is 3. The van der Waals surface area contributed by atoms with E-state index in [4.69, 9.17) is 4.52 Å². The zero-order valence-corrected chi connectivity index (χ0v) is 20.6. The van der Waals surface area contributed by atoms with Gasteiger partial charge in [-0.05, 0) is 48.6 Å². The van der Waals surface area contributed by atoms with Gasteiger partial charge in [-0.15, -0.1) is 0 Å². The molecule has 178 valence electrons. The van der Waals surface area contributed by atoms with Crippen molar-refractivity contribution in [1.29, 1.82) is 0 Å². The van der Waals surface area contributed by atoms with Crippen LogP contribution in [0.5, 0.6) is 0 Å². The van der Waals surface area contributed by atoms with Crippen molar-refractivity contribution in [2.75, 3.05) is 42.3 Å². The molecule has 6 heteroatoms. The average molecular weight is 467 g/mol. The Morgan fingerprint density at radius 2 is 1.69 bits per heavy atom. The van der Waals surface area contributed by atoms with Crippen LogP contribution in [-0.2, 0) is 0 Å². The van der Waals surface area contributed by atoms with Crippen LogP contribution in [0.2, 0.25) is 0 Å². The first kappa shape index (κ1) is 21.7. The lowest BCUT2D eigenvalue weighted by Crippen LogP contribution is -2.39. The van der Waals surface area contributed by atoms with Crippen molar-refractivity contribution in [2.45, 2.75) is 20.3 Å². The summed E-state index contributed by atoms with van der Waals surface area (Å²) in [5.41, 5.74) is 6.74. The molecule has 0 bridgehead atoms. The molecule has 6 rings (SSSR count). The van der Waals surface area contributed by atoms with Crippen LogP contribution in [0, 0.1) is 11.8 Å². The van der Waals surface area contributed by atoms with Crippen molar-refractivity contribution < 1.29 is 9.32 Å². The van der Waals surface area contributed by atoms with Crippen molar-refractivity contribution in [3.8, 4) is 11.3 Å². The second-order valence-electron chi connectivity index (χ2n) is 10.3. The summed E-state index contributed by atoms with van der Waals surface area (Å²) >= 11 is 0. The lowest BCUT2D eigenvalue weighted by molar-refractivity contribution is 0.104. The topological polar surface area (TPSA) is 61.6 Å². The molecule has 0 amide bonds. The number of anilines is 4. The number of fused-ring (bicyclic) bond motifs is 2. The van der Waals surface area contributed by atoms with Crippen LogP contribution in [0.15, 0.2) is 59.1 Å². The van der Waals surface area contributed by atoms with E-state index >= 15 is 0 Å². The number of carbonyl (C=O) groups excluding carboxylic acids is 1. The molecule has 1 N–H and O–H groups in total. The Labute approximate surface area is 205 Å². The molecular formula is C29H30N4O2. The molecule has 3 aromatic carbocycles. The molecule has 0 unspecified atom stereocenters. The minimum absolute atomic E-state index is 0.000594. The van der Waals surface area contributed by atoms with Gasteiger partial charge in [0.25, 0.3) is 0 Å². The fraction of sp³-hybridized carbons (Fsp3) is 0.310. The number of rotatable bonds is 4. The molecule has 0 saturated carbocycles. The minimum atomic E-state index is 0.000594. The molecule has 35 heavy (non-hydrogen) atoms. The van der Waals surface area contributed by atoms with Crippen molar-refractivity contribution in [3.05, 3.63) is 65.7 Å². The third-order valence-corrected chi connectivity index (χ3v) is 7.25. The highest BCUT2D eigenvalue weighted by Crippen LogP contribution is 2.47. The molecule has 1 aliphatic heterocycles. The number of nitrogens with zero attached hydrogens (tertiary/aromatic N) is 3. The molecule has 2 heterocycles. The molecular weight excluding hydrogens is 436 g/mol. The molecule has 2 aliphatic rings. The van der Waals surface area contributed by atoms with E-state index in [1.165, 1.54) is 6.42 Å². The normalized spacial score (nSPS) is 19.1. The maximum Gasteiger partial charge on any atom is 0.196 e. The lowest BCUT2D eigenvalue weighted by Gasteiger charge is -2.37. The van der Waals surface area contributed by atoms with Gasteiger partial charge in [0.15, 0.2) is 11.5 Å². The number of hydrogen-bond donors (Lipinski definition) is 1. The second-order valence-corrected chi connectivity index (χ2v) is 10.3. The van der Waals surface area contributed by atoms with Gasteiger partial charge in [0.2, 0.25) is 0 Å². The molecule has 1 saturated heterocycles. The molecule has 1 aromatic heterocycles. The largest absolute Gasteiger partial charge is 0.378 e. The fourth-order valence-electron chi connectivity index (χ4n) is 5.74. The summed E-state index contributed by atoms with van der Waals surface area (Å²) in [5, 5.41) is 8.90. The van der Waals surface area contributed by atoms with E-state index in [0.29, 0.717) is 28.7 Å². The lowest BCUT2D eigenvalue weighted by atomic mass is 9.85. The van der Waals surface area contributed by atoms with Gasteiger partial charge in [0.05, 0.1) is 22.3 Å². The molecule has 1 aliphatic carbocycles. The van der Waals surface area contributed by atoms with Gasteiger partial charge in [0.1, 0.15) is 5.52 Å². The number of nitrogens with one attached hydrogen (secondary N) is 1. The summed E-state index contributed by atoms with van der Waals surface area (Å²) < 4.78 is 5.94. The molecule has 0 spiro atoms. The van der Waals surface area contributed by atoms with Crippen LogP contribution in [0.4, 0.5) is 22.7 Å². The van der Waals surface area contributed by atoms with Crippen LogP contribution < -0.4 is 15.1 Å². The molecule has 1 fully saturated rings. The van der Waals surface area contributed by atoms with Crippen molar-refractivity contribution in [3.63, 3.8) is 0 Å². The van der Waals surface area contributed by atoms with Crippen LogP contribution in [0.1, 0.15) is 36.2 Å². The highest BCUT2D eigenvalue weighted by molar-refractivity contribution is 6.28. The highest BCUT2D eigenvalue weighted by Gasteiger charge is 2.34. The Morgan fingerprint density at radius 1 is 1.00 bits per heavy atom. The van der Waals surface area contributed by atoms with E-state index in [9.17, 15) is 4.79 Å². The van der Waals surface area contributed by atoms with Crippen LogP contribution >= 0.6 is 0 Å². The summed E-state index contributed by atoms with van der Waals surface area (Å²) in [6, 6.07) is 18.0. The van der Waals surface area contributed by atoms with E-state index in [0.717, 1.165) is 52.3 Å². The zero-order valence-electron chi connectivity index (χ0n) is 20.6.